The third kappa shape index (κ3) is 6.17. The summed E-state index contributed by atoms with van der Waals surface area (Å²) in [4.78, 5) is 14.3. The summed E-state index contributed by atoms with van der Waals surface area (Å²) < 4.78 is 0. The summed E-state index contributed by atoms with van der Waals surface area (Å²) in [7, 11) is 0. The van der Waals surface area contributed by atoms with Crippen molar-refractivity contribution < 1.29 is 30.3 Å². The third-order valence-corrected chi connectivity index (χ3v) is 4.52. The Morgan fingerprint density at radius 3 is 1.54 bits per heavy atom. The van der Waals surface area contributed by atoms with Crippen molar-refractivity contribution in [3.8, 4) is 5.75 Å². The maximum absolute atomic E-state index is 13.2. The lowest BCUT2D eigenvalue weighted by Gasteiger charge is -2.30. The zero-order chi connectivity index (χ0) is 21.9. The first kappa shape index (κ1) is 24.4. The lowest BCUT2D eigenvalue weighted by atomic mass is 9.78. The van der Waals surface area contributed by atoms with Crippen LogP contribution in [0.4, 0.5) is 0 Å². The smallest absolute Gasteiger partial charge is 0.254 e. The molecule has 1 aromatic carbocycles. The Hall–Kier alpha value is -1.67. The second kappa shape index (κ2) is 9.22. The van der Waals surface area contributed by atoms with Gasteiger partial charge in [-0.3, -0.25) is 9.90 Å². The predicted octanol–water partition coefficient (Wildman–Crippen LogP) is 1.57. The average Bonchev–Trinajstić information content (AvgIpc) is 2.58. The molecule has 2 unspecified atom stereocenters. The highest BCUT2D eigenvalue weighted by Gasteiger charge is 2.30. The molecule has 0 heterocycles. The molecule has 7 heteroatoms. The summed E-state index contributed by atoms with van der Waals surface area (Å²) in [6, 6.07) is 3.12. The van der Waals surface area contributed by atoms with Crippen LogP contribution in [0.25, 0.3) is 0 Å². The van der Waals surface area contributed by atoms with E-state index in [4.69, 9.17) is 10.2 Å². The van der Waals surface area contributed by atoms with E-state index in [1.165, 1.54) is 4.90 Å². The normalized spacial score (nSPS) is 14.6. The first-order valence-corrected chi connectivity index (χ1v) is 9.45. The first-order chi connectivity index (χ1) is 12.7. The van der Waals surface area contributed by atoms with Gasteiger partial charge in [-0.25, -0.2) is 0 Å². The zero-order valence-electron chi connectivity index (χ0n) is 17.7. The van der Waals surface area contributed by atoms with Crippen molar-refractivity contribution in [3.63, 3.8) is 0 Å². The van der Waals surface area contributed by atoms with Crippen molar-refractivity contribution in [1.29, 1.82) is 0 Å². The number of amides is 1. The summed E-state index contributed by atoms with van der Waals surface area (Å²) in [5, 5.41) is 50.8. The summed E-state index contributed by atoms with van der Waals surface area (Å²) in [6.07, 6.45) is -2.37. The van der Waals surface area contributed by atoms with E-state index in [9.17, 15) is 20.1 Å². The van der Waals surface area contributed by atoms with Crippen LogP contribution in [0.2, 0.25) is 0 Å². The van der Waals surface area contributed by atoms with Crippen molar-refractivity contribution in [1.82, 2.24) is 4.90 Å². The Morgan fingerprint density at radius 1 is 0.893 bits per heavy atom. The SMILES string of the molecule is CC(C)(C)c1cc(C(=O)N(CC(O)CO)CC(O)CO)cc(C(C)(C)C)c1[O]. The molecule has 0 aromatic heterocycles. The van der Waals surface area contributed by atoms with E-state index in [-0.39, 0.29) is 24.4 Å². The van der Waals surface area contributed by atoms with Gasteiger partial charge in [-0.1, -0.05) is 41.5 Å². The van der Waals surface area contributed by atoms with Crippen molar-refractivity contribution in [2.75, 3.05) is 26.3 Å². The number of rotatable bonds is 7. The van der Waals surface area contributed by atoms with Crippen molar-refractivity contribution in [3.05, 3.63) is 28.8 Å². The van der Waals surface area contributed by atoms with Crippen LogP contribution < -0.4 is 0 Å². The Kier molecular flexibility index (Phi) is 8.02. The minimum atomic E-state index is -1.18. The van der Waals surface area contributed by atoms with E-state index in [0.717, 1.165) is 0 Å². The monoisotopic (exact) mass is 396 g/mol. The minimum absolute atomic E-state index is 0.103. The van der Waals surface area contributed by atoms with Gasteiger partial charge >= 0.3 is 0 Å². The van der Waals surface area contributed by atoms with E-state index in [0.29, 0.717) is 11.1 Å². The summed E-state index contributed by atoms with van der Waals surface area (Å²) in [5.41, 5.74) is 0.327. The average molecular weight is 397 g/mol. The molecule has 0 fully saturated rings. The number of aliphatic hydroxyl groups excluding tert-OH is 4. The standard InChI is InChI=1S/C21H34NO6/c1-20(2,3)16-7-13(8-17(18(16)27)21(4,5)6)19(28)22(9-14(25)11-23)10-15(26)12-24/h7-8,14-15,23-26H,9-12H2,1-6H3. The fourth-order valence-electron chi connectivity index (χ4n) is 2.91. The number of benzene rings is 1. The van der Waals surface area contributed by atoms with Gasteiger partial charge in [-0.15, -0.1) is 0 Å². The van der Waals surface area contributed by atoms with E-state index < -0.39 is 42.2 Å². The molecule has 1 rings (SSSR count). The number of carbonyl (C=O) groups is 1. The zero-order valence-corrected chi connectivity index (χ0v) is 17.7. The molecule has 159 valence electrons. The van der Waals surface area contributed by atoms with Crippen LogP contribution in [0.5, 0.6) is 5.75 Å². The molecule has 2 atom stereocenters. The molecule has 4 N–H and O–H groups in total. The van der Waals surface area contributed by atoms with Crippen LogP contribution in [0.3, 0.4) is 0 Å². The summed E-state index contributed by atoms with van der Waals surface area (Å²) in [6.45, 7) is 9.88. The van der Waals surface area contributed by atoms with Crippen molar-refractivity contribution in [2.45, 2.75) is 64.6 Å². The summed E-state index contributed by atoms with van der Waals surface area (Å²) >= 11 is 0. The number of carbonyl (C=O) groups excluding carboxylic acids is 1. The molecule has 1 radical (unpaired) electrons. The molecule has 1 aromatic rings. The van der Waals surface area contributed by atoms with Gasteiger partial charge < -0.3 is 25.3 Å². The minimum Gasteiger partial charge on any atom is -0.394 e. The van der Waals surface area contributed by atoms with Crippen molar-refractivity contribution in [2.24, 2.45) is 0 Å². The molecule has 1 amide bonds. The highest BCUT2D eigenvalue weighted by Crippen LogP contribution is 2.40. The molecule has 0 bridgehead atoms. The summed E-state index contributed by atoms with van der Waals surface area (Å²) in [5.74, 6) is -0.593. The van der Waals surface area contributed by atoms with Crippen LogP contribution in [0, 0.1) is 0 Å². The molecule has 0 aliphatic rings. The highest BCUT2D eigenvalue weighted by molar-refractivity contribution is 5.95. The lowest BCUT2D eigenvalue weighted by Crippen LogP contribution is -2.44. The molecule has 0 saturated heterocycles. The van der Waals surface area contributed by atoms with Gasteiger partial charge in [0.1, 0.15) is 0 Å². The fraction of sp³-hybridized carbons (Fsp3) is 0.667. The molecule has 0 aliphatic heterocycles. The largest absolute Gasteiger partial charge is 0.394 e. The third-order valence-electron chi connectivity index (χ3n) is 4.52. The van der Waals surface area contributed by atoms with Gasteiger partial charge in [0.15, 0.2) is 5.75 Å². The van der Waals surface area contributed by atoms with E-state index in [1.54, 1.807) is 12.1 Å². The first-order valence-electron chi connectivity index (χ1n) is 9.45. The molecule has 7 nitrogen and oxygen atoms in total. The van der Waals surface area contributed by atoms with Crippen LogP contribution >= 0.6 is 0 Å². The predicted molar refractivity (Wildman–Crippen MR) is 106 cm³/mol. The molecule has 0 aliphatic carbocycles. The lowest BCUT2D eigenvalue weighted by molar-refractivity contribution is 0.0209. The Labute approximate surface area is 167 Å². The van der Waals surface area contributed by atoms with Crippen LogP contribution in [-0.4, -0.2) is 69.7 Å². The maximum atomic E-state index is 13.2. The molecular weight excluding hydrogens is 362 g/mol. The van der Waals surface area contributed by atoms with Crippen LogP contribution in [0.1, 0.15) is 63.0 Å². The van der Waals surface area contributed by atoms with E-state index in [1.807, 2.05) is 41.5 Å². The van der Waals surface area contributed by atoms with Gasteiger partial charge in [-0.05, 0) is 23.0 Å². The Morgan fingerprint density at radius 2 is 1.25 bits per heavy atom. The molecule has 0 saturated carbocycles. The second-order valence-electron chi connectivity index (χ2n) is 9.28. The number of hydrogen-bond donors (Lipinski definition) is 4. The Bertz CT molecular complexity index is 627. The van der Waals surface area contributed by atoms with Gasteiger partial charge in [0.2, 0.25) is 0 Å². The Balaban J connectivity index is 3.50. The van der Waals surface area contributed by atoms with E-state index >= 15 is 0 Å². The highest BCUT2D eigenvalue weighted by atomic mass is 16.3. The number of hydrogen-bond acceptors (Lipinski definition) is 5. The van der Waals surface area contributed by atoms with Gasteiger partial charge in [-0.2, -0.15) is 0 Å². The number of aliphatic hydroxyl groups is 4. The van der Waals surface area contributed by atoms with Crippen LogP contribution in [0.15, 0.2) is 12.1 Å². The second-order valence-corrected chi connectivity index (χ2v) is 9.28. The maximum Gasteiger partial charge on any atom is 0.254 e. The van der Waals surface area contributed by atoms with Gasteiger partial charge in [0, 0.05) is 29.8 Å². The van der Waals surface area contributed by atoms with Crippen LogP contribution in [-0.2, 0) is 15.9 Å². The number of nitrogens with zero attached hydrogens (tertiary/aromatic N) is 1. The fourth-order valence-corrected chi connectivity index (χ4v) is 2.91. The molecule has 28 heavy (non-hydrogen) atoms. The van der Waals surface area contributed by atoms with Gasteiger partial charge in [0.25, 0.3) is 5.91 Å². The van der Waals surface area contributed by atoms with Crippen molar-refractivity contribution >= 4 is 5.91 Å². The molecule has 0 spiro atoms. The van der Waals surface area contributed by atoms with Gasteiger partial charge in [0.05, 0.1) is 25.4 Å². The topological polar surface area (TPSA) is 121 Å². The quantitative estimate of drug-likeness (QED) is 0.557. The molecular formula is C21H34NO6. The van der Waals surface area contributed by atoms with E-state index in [2.05, 4.69) is 0 Å².